The van der Waals surface area contributed by atoms with Crippen molar-refractivity contribution in [3.8, 4) is 0 Å². The number of para-hydroxylation sites is 1. The monoisotopic (exact) mass is 279 g/mol. The molecule has 0 fully saturated rings. The normalized spacial score (nSPS) is 12.9. The minimum Gasteiger partial charge on any atom is -0.388 e. The van der Waals surface area contributed by atoms with Gasteiger partial charge in [-0.2, -0.15) is 0 Å². The number of aliphatic hydroxyl groups excluding tert-OH is 1. The van der Waals surface area contributed by atoms with Crippen LogP contribution in [0.1, 0.15) is 31.4 Å². The van der Waals surface area contributed by atoms with E-state index < -0.39 is 6.10 Å². The third kappa shape index (κ3) is 2.25. The second-order valence-electron chi connectivity index (χ2n) is 3.86. The largest absolute Gasteiger partial charge is 0.388 e. The highest BCUT2D eigenvalue weighted by molar-refractivity contribution is 9.10. The zero-order chi connectivity index (χ0) is 11.5. The maximum absolute atomic E-state index is 10.1. The molecule has 0 saturated heterocycles. The van der Waals surface area contributed by atoms with Gasteiger partial charge < -0.3 is 5.11 Å². The first-order valence-corrected chi connectivity index (χ1v) is 6.25. The average Bonchev–Trinajstić information content (AvgIpc) is 2.28. The summed E-state index contributed by atoms with van der Waals surface area (Å²) < 4.78 is 0.774. The highest BCUT2D eigenvalue weighted by Crippen LogP contribution is 2.28. The number of aromatic nitrogens is 1. The van der Waals surface area contributed by atoms with Gasteiger partial charge in [0.1, 0.15) is 4.60 Å². The molecule has 2 aromatic rings. The van der Waals surface area contributed by atoms with E-state index in [0.29, 0.717) is 0 Å². The Kier molecular flexibility index (Phi) is 3.56. The van der Waals surface area contributed by atoms with Crippen LogP contribution in [-0.4, -0.2) is 10.1 Å². The Morgan fingerprint density at radius 1 is 1.38 bits per heavy atom. The van der Waals surface area contributed by atoms with Crippen LogP contribution in [0.25, 0.3) is 10.9 Å². The van der Waals surface area contributed by atoms with E-state index in [0.717, 1.165) is 33.9 Å². The van der Waals surface area contributed by atoms with E-state index in [1.165, 1.54) is 0 Å². The summed E-state index contributed by atoms with van der Waals surface area (Å²) in [4.78, 5) is 4.38. The number of nitrogens with zero attached hydrogens (tertiary/aromatic N) is 1. The number of pyridine rings is 1. The summed E-state index contributed by atoms with van der Waals surface area (Å²) in [6, 6.07) is 9.80. The van der Waals surface area contributed by atoms with Crippen molar-refractivity contribution < 1.29 is 5.11 Å². The van der Waals surface area contributed by atoms with Crippen molar-refractivity contribution in [1.82, 2.24) is 4.98 Å². The molecule has 1 aromatic heterocycles. The van der Waals surface area contributed by atoms with E-state index >= 15 is 0 Å². The van der Waals surface area contributed by atoms with Gasteiger partial charge in [-0.15, -0.1) is 0 Å². The number of hydrogen-bond acceptors (Lipinski definition) is 2. The Labute approximate surface area is 103 Å². The lowest BCUT2D eigenvalue weighted by Crippen LogP contribution is -1.99. The minimum atomic E-state index is -0.408. The first-order valence-electron chi connectivity index (χ1n) is 5.45. The third-order valence-corrected chi connectivity index (χ3v) is 3.04. The highest BCUT2D eigenvalue weighted by Gasteiger charge is 2.11. The molecule has 3 heteroatoms. The maximum Gasteiger partial charge on any atom is 0.107 e. The van der Waals surface area contributed by atoms with E-state index in [9.17, 15) is 5.11 Å². The number of benzene rings is 1. The van der Waals surface area contributed by atoms with Gasteiger partial charge in [-0.1, -0.05) is 31.5 Å². The molecule has 0 amide bonds. The first kappa shape index (κ1) is 11.6. The second kappa shape index (κ2) is 4.93. The molecular weight excluding hydrogens is 266 g/mol. The molecule has 1 N–H and O–H groups in total. The summed E-state index contributed by atoms with van der Waals surface area (Å²) in [5.41, 5.74) is 1.88. The van der Waals surface area contributed by atoms with E-state index in [4.69, 9.17) is 0 Å². The Morgan fingerprint density at radius 2 is 2.12 bits per heavy atom. The Hall–Kier alpha value is -0.930. The standard InChI is InChI=1S/C13H14BrNO/c1-2-5-12(16)10-8-13(14)15-11-7-4-3-6-9(10)11/h3-4,6-8,12,16H,2,5H2,1H3. The predicted molar refractivity (Wildman–Crippen MR) is 69.3 cm³/mol. The number of hydrogen-bond donors (Lipinski definition) is 1. The molecule has 1 atom stereocenters. The molecule has 0 aliphatic rings. The van der Waals surface area contributed by atoms with Gasteiger partial charge in [-0.3, -0.25) is 0 Å². The van der Waals surface area contributed by atoms with Gasteiger partial charge >= 0.3 is 0 Å². The zero-order valence-electron chi connectivity index (χ0n) is 9.15. The topological polar surface area (TPSA) is 33.1 Å². The van der Waals surface area contributed by atoms with E-state index in [1.807, 2.05) is 30.3 Å². The molecular formula is C13H14BrNO. The van der Waals surface area contributed by atoms with Crippen LogP contribution < -0.4 is 0 Å². The number of aliphatic hydroxyl groups is 1. The molecule has 0 radical (unpaired) electrons. The molecule has 0 aliphatic carbocycles. The Balaban J connectivity index is 2.58. The second-order valence-corrected chi connectivity index (χ2v) is 4.67. The van der Waals surface area contributed by atoms with E-state index in [2.05, 4.69) is 27.8 Å². The third-order valence-electron chi connectivity index (χ3n) is 2.64. The van der Waals surface area contributed by atoms with Crippen molar-refractivity contribution in [3.05, 3.63) is 40.5 Å². The van der Waals surface area contributed by atoms with Gasteiger partial charge in [0.25, 0.3) is 0 Å². The lowest BCUT2D eigenvalue weighted by Gasteiger charge is -2.13. The lowest BCUT2D eigenvalue weighted by molar-refractivity contribution is 0.168. The van der Waals surface area contributed by atoms with Crippen LogP contribution in [0, 0.1) is 0 Å². The summed E-state index contributed by atoms with van der Waals surface area (Å²) in [5, 5.41) is 11.1. The summed E-state index contributed by atoms with van der Waals surface area (Å²) in [7, 11) is 0. The fourth-order valence-corrected chi connectivity index (χ4v) is 2.31. The van der Waals surface area contributed by atoms with Gasteiger partial charge in [-0.25, -0.2) is 4.98 Å². The van der Waals surface area contributed by atoms with Crippen LogP contribution >= 0.6 is 15.9 Å². The quantitative estimate of drug-likeness (QED) is 0.867. The molecule has 0 saturated carbocycles. The van der Waals surface area contributed by atoms with Crippen molar-refractivity contribution in [2.24, 2.45) is 0 Å². The Morgan fingerprint density at radius 3 is 2.88 bits per heavy atom. The van der Waals surface area contributed by atoms with Gasteiger partial charge in [0.05, 0.1) is 11.6 Å². The average molecular weight is 280 g/mol. The molecule has 2 nitrogen and oxygen atoms in total. The molecule has 16 heavy (non-hydrogen) atoms. The van der Waals surface area contributed by atoms with E-state index in [-0.39, 0.29) is 0 Å². The molecule has 0 aliphatic heterocycles. The molecule has 1 heterocycles. The minimum absolute atomic E-state index is 0.408. The lowest BCUT2D eigenvalue weighted by atomic mass is 10.0. The predicted octanol–water partition coefficient (Wildman–Crippen LogP) is 3.83. The van der Waals surface area contributed by atoms with Gasteiger partial charge in [-0.05, 0) is 40.0 Å². The maximum atomic E-state index is 10.1. The smallest absolute Gasteiger partial charge is 0.107 e. The number of rotatable bonds is 3. The van der Waals surface area contributed by atoms with Crippen LogP contribution in [-0.2, 0) is 0 Å². The fourth-order valence-electron chi connectivity index (χ4n) is 1.87. The van der Waals surface area contributed by atoms with Crippen molar-refractivity contribution >= 4 is 26.8 Å². The molecule has 0 spiro atoms. The van der Waals surface area contributed by atoms with Gasteiger partial charge in [0.2, 0.25) is 0 Å². The summed E-state index contributed by atoms with van der Waals surface area (Å²) >= 11 is 3.38. The van der Waals surface area contributed by atoms with Crippen LogP contribution in [0.5, 0.6) is 0 Å². The number of fused-ring (bicyclic) bond motifs is 1. The van der Waals surface area contributed by atoms with Crippen LogP contribution in [0.3, 0.4) is 0 Å². The zero-order valence-corrected chi connectivity index (χ0v) is 10.7. The molecule has 0 bridgehead atoms. The van der Waals surface area contributed by atoms with Crippen LogP contribution in [0.2, 0.25) is 0 Å². The molecule has 1 aromatic carbocycles. The Bertz CT molecular complexity index is 498. The van der Waals surface area contributed by atoms with Crippen molar-refractivity contribution in [3.63, 3.8) is 0 Å². The first-order chi connectivity index (χ1) is 7.72. The van der Waals surface area contributed by atoms with Gasteiger partial charge in [0, 0.05) is 5.39 Å². The summed E-state index contributed by atoms with van der Waals surface area (Å²) in [6.45, 7) is 2.07. The number of halogens is 1. The molecule has 2 rings (SSSR count). The van der Waals surface area contributed by atoms with E-state index in [1.54, 1.807) is 0 Å². The highest BCUT2D eigenvalue weighted by atomic mass is 79.9. The molecule has 1 unspecified atom stereocenters. The van der Waals surface area contributed by atoms with Crippen molar-refractivity contribution in [2.75, 3.05) is 0 Å². The van der Waals surface area contributed by atoms with Gasteiger partial charge in [0.15, 0.2) is 0 Å². The SMILES string of the molecule is CCCC(O)c1cc(Br)nc2ccccc12. The summed E-state index contributed by atoms with van der Waals surface area (Å²) in [6.07, 6.45) is 1.34. The van der Waals surface area contributed by atoms with Crippen molar-refractivity contribution in [2.45, 2.75) is 25.9 Å². The van der Waals surface area contributed by atoms with Crippen LogP contribution in [0.15, 0.2) is 34.9 Å². The van der Waals surface area contributed by atoms with Crippen LogP contribution in [0.4, 0.5) is 0 Å². The fraction of sp³-hybridized carbons (Fsp3) is 0.308. The molecule has 84 valence electrons. The summed E-state index contributed by atoms with van der Waals surface area (Å²) in [5.74, 6) is 0. The van der Waals surface area contributed by atoms with Crippen molar-refractivity contribution in [1.29, 1.82) is 0 Å².